The van der Waals surface area contributed by atoms with Crippen LogP contribution in [0, 0.1) is 11.3 Å². The predicted octanol–water partition coefficient (Wildman–Crippen LogP) is 3.33. The van der Waals surface area contributed by atoms with Gasteiger partial charge < -0.3 is 10.2 Å². The van der Waals surface area contributed by atoms with Crippen LogP contribution in [0.15, 0.2) is 24.4 Å². The number of nitriles is 1. The van der Waals surface area contributed by atoms with Crippen molar-refractivity contribution in [2.75, 3.05) is 11.9 Å². The van der Waals surface area contributed by atoms with Crippen molar-refractivity contribution in [3.8, 4) is 6.07 Å². The minimum atomic E-state index is 0.0227. The van der Waals surface area contributed by atoms with Crippen LogP contribution in [0.1, 0.15) is 31.2 Å². The molecule has 1 aromatic carbocycles. The largest absolute Gasteiger partial charge is 0.378 e. The lowest BCUT2D eigenvalue weighted by atomic mass is 9.98. The maximum atomic E-state index is 12.3. The van der Waals surface area contributed by atoms with Gasteiger partial charge in [0.25, 0.3) is 0 Å². The van der Waals surface area contributed by atoms with Gasteiger partial charge in [-0.15, -0.1) is 0 Å². The van der Waals surface area contributed by atoms with Crippen molar-refractivity contribution in [3.63, 3.8) is 0 Å². The Balaban J connectivity index is 1.75. The number of pyridine rings is 1. The summed E-state index contributed by atoms with van der Waals surface area (Å²) in [7, 11) is 0. The van der Waals surface area contributed by atoms with Crippen molar-refractivity contribution in [1.29, 1.82) is 5.26 Å². The zero-order valence-corrected chi connectivity index (χ0v) is 13.9. The number of benzene rings is 1. The van der Waals surface area contributed by atoms with Gasteiger partial charge in [-0.2, -0.15) is 5.26 Å². The number of aromatic nitrogens is 1. The monoisotopic (exact) mass is 340 g/mol. The topological polar surface area (TPSA) is 69.0 Å². The van der Waals surface area contributed by atoms with E-state index in [0.717, 1.165) is 42.4 Å². The van der Waals surface area contributed by atoms with Gasteiger partial charge in [0.2, 0.25) is 5.91 Å². The summed E-state index contributed by atoms with van der Waals surface area (Å²) in [4.78, 5) is 18.6. The van der Waals surface area contributed by atoms with Crippen LogP contribution < -0.4 is 5.32 Å². The van der Waals surface area contributed by atoms with Crippen LogP contribution in [0.2, 0.25) is 5.02 Å². The molecule has 5 nitrogen and oxygen atoms in total. The van der Waals surface area contributed by atoms with E-state index in [2.05, 4.69) is 16.4 Å². The second-order valence-corrected chi connectivity index (χ2v) is 6.86. The molecule has 3 heterocycles. The van der Waals surface area contributed by atoms with Crippen molar-refractivity contribution >= 4 is 34.1 Å². The minimum absolute atomic E-state index is 0.0227. The quantitative estimate of drug-likeness (QED) is 0.910. The number of nitrogens with one attached hydrogen (secondary N) is 1. The first-order valence-corrected chi connectivity index (χ1v) is 8.59. The summed E-state index contributed by atoms with van der Waals surface area (Å²) in [5.41, 5.74) is 1.99. The van der Waals surface area contributed by atoms with Crippen LogP contribution in [0.5, 0.6) is 0 Å². The molecule has 2 fully saturated rings. The van der Waals surface area contributed by atoms with E-state index in [1.807, 2.05) is 17.0 Å². The zero-order chi connectivity index (χ0) is 16.7. The number of halogens is 1. The standard InChI is InChI=1S/C18H17ClN4O/c19-12-4-5-14-13(7-12)18(11(9-20)10-21-14)22-15-8-17(24)23-6-2-1-3-16(15)23/h4-5,7,10,15-16H,1-3,6,8H2,(H,21,22). The lowest BCUT2D eigenvalue weighted by Crippen LogP contribution is -2.43. The SMILES string of the molecule is N#Cc1cnc2ccc(Cl)cc2c1NC1CC(=O)N2CCCCC12. The van der Waals surface area contributed by atoms with Gasteiger partial charge in [0, 0.05) is 29.6 Å². The number of nitrogens with zero attached hydrogens (tertiary/aromatic N) is 3. The predicted molar refractivity (Wildman–Crippen MR) is 92.8 cm³/mol. The van der Waals surface area contributed by atoms with Gasteiger partial charge in [0.15, 0.2) is 0 Å². The summed E-state index contributed by atoms with van der Waals surface area (Å²) < 4.78 is 0. The highest BCUT2D eigenvalue weighted by molar-refractivity contribution is 6.31. The molecule has 24 heavy (non-hydrogen) atoms. The molecular weight excluding hydrogens is 324 g/mol. The Morgan fingerprint density at radius 3 is 3.08 bits per heavy atom. The fraction of sp³-hybridized carbons (Fsp3) is 0.389. The smallest absolute Gasteiger partial charge is 0.225 e. The van der Waals surface area contributed by atoms with E-state index in [0.29, 0.717) is 17.0 Å². The molecule has 2 saturated heterocycles. The van der Waals surface area contributed by atoms with Gasteiger partial charge in [-0.05, 0) is 37.5 Å². The molecular formula is C18H17ClN4O. The van der Waals surface area contributed by atoms with Crippen molar-refractivity contribution in [1.82, 2.24) is 9.88 Å². The molecule has 0 aliphatic carbocycles. The number of piperidine rings is 1. The first-order valence-electron chi connectivity index (χ1n) is 8.22. The van der Waals surface area contributed by atoms with Gasteiger partial charge in [-0.25, -0.2) is 0 Å². The van der Waals surface area contributed by atoms with Crippen LogP contribution in [0.25, 0.3) is 10.9 Å². The molecule has 2 atom stereocenters. The molecule has 1 amide bonds. The first kappa shape index (κ1) is 15.2. The Morgan fingerprint density at radius 1 is 1.38 bits per heavy atom. The summed E-state index contributed by atoms with van der Waals surface area (Å²) in [6, 6.07) is 7.88. The fourth-order valence-electron chi connectivity index (χ4n) is 3.86. The summed E-state index contributed by atoms with van der Waals surface area (Å²) in [5, 5.41) is 14.4. The van der Waals surface area contributed by atoms with E-state index in [-0.39, 0.29) is 18.0 Å². The number of anilines is 1. The molecule has 122 valence electrons. The van der Waals surface area contributed by atoms with Crippen molar-refractivity contribution in [2.45, 2.75) is 37.8 Å². The molecule has 6 heteroatoms. The van der Waals surface area contributed by atoms with Crippen molar-refractivity contribution in [3.05, 3.63) is 35.0 Å². The second-order valence-electron chi connectivity index (χ2n) is 6.43. The number of fused-ring (bicyclic) bond motifs is 2. The molecule has 2 aromatic rings. The van der Waals surface area contributed by atoms with Gasteiger partial charge >= 0.3 is 0 Å². The Morgan fingerprint density at radius 2 is 2.25 bits per heavy atom. The molecule has 0 bridgehead atoms. The minimum Gasteiger partial charge on any atom is -0.378 e. The van der Waals surface area contributed by atoms with E-state index < -0.39 is 0 Å². The number of carbonyl (C=O) groups is 1. The normalized spacial score (nSPS) is 23.2. The fourth-order valence-corrected chi connectivity index (χ4v) is 4.04. The van der Waals surface area contributed by atoms with Crippen LogP contribution in [0.3, 0.4) is 0 Å². The van der Waals surface area contributed by atoms with Crippen molar-refractivity contribution < 1.29 is 4.79 Å². The van der Waals surface area contributed by atoms with E-state index >= 15 is 0 Å². The second kappa shape index (κ2) is 5.95. The molecule has 0 radical (unpaired) electrons. The van der Waals surface area contributed by atoms with E-state index in [1.54, 1.807) is 12.3 Å². The Labute approximate surface area is 145 Å². The van der Waals surface area contributed by atoms with Crippen LogP contribution in [-0.2, 0) is 4.79 Å². The molecule has 2 unspecified atom stereocenters. The number of hydrogen-bond donors (Lipinski definition) is 1. The van der Waals surface area contributed by atoms with E-state index in [9.17, 15) is 10.1 Å². The summed E-state index contributed by atoms with van der Waals surface area (Å²) in [5.74, 6) is 0.201. The maximum absolute atomic E-state index is 12.3. The Bertz CT molecular complexity index is 860. The molecule has 0 saturated carbocycles. The van der Waals surface area contributed by atoms with E-state index in [4.69, 9.17) is 11.6 Å². The Hall–Kier alpha value is -2.32. The molecule has 1 N–H and O–H groups in total. The molecule has 2 aliphatic heterocycles. The van der Waals surface area contributed by atoms with E-state index in [1.165, 1.54) is 0 Å². The number of rotatable bonds is 2. The van der Waals surface area contributed by atoms with Gasteiger partial charge in [0.05, 0.1) is 28.9 Å². The van der Waals surface area contributed by atoms with Crippen LogP contribution in [-0.4, -0.2) is 34.4 Å². The zero-order valence-electron chi connectivity index (χ0n) is 13.1. The third-order valence-electron chi connectivity index (χ3n) is 5.01. The summed E-state index contributed by atoms with van der Waals surface area (Å²) in [6.07, 6.45) is 5.27. The number of carbonyl (C=O) groups excluding carboxylic acids is 1. The lowest BCUT2D eigenvalue weighted by molar-refractivity contribution is -0.129. The highest BCUT2D eigenvalue weighted by Gasteiger charge is 2.41. The first-order chi connectivity index (χ1) is 11.7. The molecule has 4 rings (SSSR count). The highest BCUT2D eigenvalue weighted by Crippen LogP contribution is 2.34. The van der Waals surface area contributed by atoms with Crippen LogP contribution in [0.4, 0.5) is 5.69 Å². The average Bonchev–Trinajstić information content (AvgIpc) is 2.92. The summed E-state index contributed by atoms with van der Waals surface area (Å²) >= 11 is 6.14. The molecule has 2 aliphatic rings. The average molecular weight is 341 g/mol. The maximum Gasteiger partial charge on any atom is 0.225 e. The third-order valence-corrected chi connectivity index (χ3v) is 5.24. The number of amides is 1. The van der Waals surface area contributed by atoms with Gasteiger partial charge in [-0.1, -0.05) is 11.6 Å². The third kappa shape index (κ3) is 2.47. The van der Waals surface area contributed by atoms with Gasteiger partial charge in [0.1, 0.15) is 6.07 Å². The highest BCUT2D eigenvalue weighted by atomic mass is 35.5. The van der Waals surface area contributed by atoms with Gasteiger partial charge in [-0.3, -0.25) is 9.78 Å². The summed E-state index contributed by atoms with van der Waals surface area (Å²) in [6.45, 7) is 0.843. The molecule has 1 aromatic heterocycles. The number of hydrogen-bond acceptors (Lipinski definition) is 4. The lowest BCUT2D eigenvalue weighted by Gasteiger charge is -2.33. The molecule has 0 spiro atoms. The van der Waals surface area contributed by atoms with Crippen LogP contribution >= 0.6 is 11.6 Å². The Kier molecular flexibility index (Phi) is 3.78. The van der Waals surface area contributed by atoms with Crippen molar-refractivity contribution in [2.24, 2.45) is 0 Å².